The average molecular weight is 782 g/mol. The van der Waals surface area contributed by atoms with Crippen LogP contribution in [0.4, 0.5) is 11.4 Å². The molecule has 0 unspecified atom stereocenters. The third-order valence-electron chi connectivity index (χ3n) is 11.7. The van der Waals surface area contributed by atoms with Crippen molar-refractivity contribution in [3.05, 3.63) is 223 Å². The predicted octanol–water partition coefficient (Wildman–Crippen LogP) is 14.1. The topological polar surface area (TPSA) is 45.2 Å². The average Bonchev–Trinajstić information content (AvgIpc) is 3.65. The van der Waals surface area contributed by atoms with Crippen LogP contribution in [0.3, 0.4) is 0 Å². The van der Waals surface area contributed by atoms with E-state index >= 15 is 0 Å². The van der Waals surface area contributed by atoms with Crippen LogP contribution in [-0.2, 0) is 6.54 Å². The highest BCUT2D eigenvalue weighted by atomic mass is 15.3. The summed E-state index contributed by atoms with van der Waals surface area (Å²) < 4.78 is 2.39. The largest absolute Gasteiger partial charge is 0.309 e. The highest BCUT2D eigenvalue weighted by Crippen LogP contribution is 2.52. The van der Waals surface area contributed by atoms with Crippen LogP contribution in [0.5, 0.6) is 0 Å². The third kappa shape index (κ3) is 6.31. The lowest BCUT2D eigenvalue weighted by Crippen LogP contribution is -2.28. The van der Waals surface area contributed by atoms with Crippen molar-refractivity contribution in [2.75, 3.05) is 4.90 Å². The molecule has 5 heteroatoms. The molecule has 0 spiro atoms. The van der Waals surface area contributed by atoms with E-state index in [2.05, 4.69) is 197 Å². The quantitative estimate of drug-likeness (QED) is 0.122. The maximum absolute atomic E-state index is 5.38. The number of nitrogens with zero attached hydrogens (tertiary/aromatic N) is 5. The summed E-state index contributed by atoms with van der Waals surface area (Å²) in [6, 6.07) is 75.0. The van der Waals surface area contributed by atoms with Crippen molar-refractivity contribution in [2.24, 2.45) is 15.0 Å². The van der Waals surface area contributed by atoms with Gasteiger partial charge in [0.2, 0.25) is 5.96 Å². The molecule has 9 aromatic carbocycles. The van der Waals surface area contributed by atoms with Gasteiger partial charge in [0.05, 0.1) is 29.0 Å². The molecule has 0 fully saturated rings. The molecule has 11 rings (SSSR count). The molecule has 1 aliphatic heterocycles. The lowest BCUT2D eigenvalue weighted by Gasteiger charge is -2.33. The number of guanidine groups is 1. The standard InChI is InChI=1S/C56H39N5/c1-57-55(41-24-13-5-14-25-41)59-56(58-37-38-18-7-2-8-19-38)61-51-29-17-28-45-44(40-22-11-4-12-23-40)31-32-46(54(45)51)48-35-49-47-34-42(39-20-9-3-10-21-39)30-33-50(47)60(52(49)36-53(48)61)43-26-15-6-16-27-43/h2-36H,1,37H2/b58-56?,59-55-. The van der Waals surface area contributed by atoms with Gasteiger partial charge in [-0.05, 0) is 87.9 Å². The zero-order valence-electron chi connectivity index (χ0n) is 33.4. The summed E-state index contributed by atoms with van der Waals surface area (Å²) in [7, 11) is 0. The number of rotatable bonds is 6. The molecule has 0 saturated heterocycles. The predicted molar refractivity (Wildman–Crippen MR) is 257 cm³/mol. The van der Waals surface area contributed by atoms with Gasteiger partial charge in [0, 0.05) is 33.0 Å². The number of para-hydroxylation sites is 1. The Hall–Kier alpha value is -8.15. The van der Waals surface area contributed by atoms with Crippen molar-refractivity contribution >= 4 is 62.5 Å². The maximum atomic E-state index is 5.38. The first-order valence-corrected chi connectivity index (χ1v) is 20.6. The Bertz CT molecular complexity index is 3320. The van der Waals surface area contributed by atoms with Crippen molar-refractivity contribution in [1.29, 1.82) is 0 Å². The van der Waals surface area contributed by atoms with Crippen LogP contribution in [0.15, 0.2) is 227 Å². The van der Waals surface area contributed by atoms with E-state index in [0.29, 0.717) is 18.3 Å². The molecule has 10 aromatic rings. The fraction of sp³-hybridized carbons (Fsp3) is 0.0179. The number of hydrogen-bond acceptors (Lipinski definition) is 1. The molecule has 0 amide bonds. The SMILES string of the molecule is C=N/C(=N\C(=NCc1ccccc1)N1c2cc3c(cc2-c2ccc(-c4ccccc4)c4cccc1c24)c1cc(-c2ccccc2)ccc1n3-c1ccccc1)c1ccccc1. The normalized spacial score (nSPS) is 12.6. The van der Waals surface area contributed by atoms with E-state index in [9.17, 15) is 0 Å². The molecule has 61 heavy (non-hydrogen) atoms. The Labute approximate surface area is 354 Å². The van der Waals surface area contributed by atoms with Crippen LogP contribution >= 0.6 is 0 Å². The Morgan fingerprint density at radius 3 is 1.82 bits per heavy atom. The molecular weight excluding hydrogens is 743 g/mol. The molecule has 0 bridgehead atoms. The van der Waals surface area contributed by atoms with Crippen LogP contribution in [0.25, 0.3) is 71.6 Å². The summed E-state index contributed by atoms with van der Waals surface area (Å²) in [6.07, 6.45) is 0. The smallest absolute Gasteiger partial charge is 0.232 e. The number of aliphatic imine (C=N–C) groups is 3. The highest BCUT2D eigenvalue weighted by Gasteiger charge is 2.31. The van der Waals surface area contributed by atoms with Crippen LogP contribution in [0.1, 0.15) is 11.1 Å². The number of hydrogen-bond donors (Lipinski definition) is 0. The van der Waals surface area contributed by atoms with Gasteiger partial charge in [-0.2, -0.15) is 4.99 Å². The number of aromatic nitrogens is 1. The van der Waals surface area contributed by atoms with Gasteiger partial charge in [-0.15, -0.1) is 0 Å². The van der Waals surface area contributed by atoms with E-state index < -0.39 is 0 Å². The maximum Gasteiger partial charge on any atom is 0.232 e. The summed E-state index contributed by atoms with van der Waals surface area (Å²) in [6.45, 7) is 4.42. The van der Waals surface area contributed by atoms with Crippen molar-refractivity contribution in [2.45, 2.75) is 6.54 Å². The zero-order valence-corrected chi connectivity index (χ0v) is 33.4. The number of anilines is 2. The van der Waals surface area contributed by atoms with Crippen LogP contribution < -0.4 is 4.90 Å². The molecule has 1 aliphatic rings. The number of benzene rings is 9. The molecule has 1 aromatic heterocycles. The van der Waals surface area contributed by atoms with E-state index in [1.807, 2.05) is 36.4 Å². The second kappa shape index (κ2) is 15.2. The van der Waals surface area contributed by atoms with Gasteiger partial charge in [0.1, 0.15) is 0 Å². The van der Waals surface area contributed by atoms with E-state index in [4.69, 9.17) is 9.98 Å². The summed E-state index contributed by atoms with van der Waals surface area (Å²) in [5, 5.41) is 4.65. The lowest BCUT2D eigenvalue weighted by molar-refractivity contribution is 1.05. The Kier molecular flexibility index (Phi) is 8.98. The monoisotopic (exact) mass is 781 g/mol. The van der Waals surface area contributed by atoms with Crippen molar-refractivity contribution in [1.82, 2.24) is 4.57 Å². The molecule has 0 saturated carbocycles. The summed E-state index contributed by atoms with van der Waals surface area (Å²) in [4.78, 5) is 17.5. The molecular formula is C56H39N5. The highest BCUT2D eigenvalue weighted by molar-refractivity contribution is 6.26. The Morgan fingerprint density at radius 2 is 1.10 bits per heavy atom. The summed E-state index contributed by atoms with van der Waals surface area (Å²) >= 11 is 0. The van der Waals surface area contributed by atoms with Crippen LogP contribution in [0.2, 0.25) is 0 Å². The number of fused-ring (bicyclic) bond motifs is 5. The van der Waals surface area contributed by atoms with Crippen molar-refractivity contribution in [3.8, 4) is 39.1 Å². The minimum Gasteiger partial charge on any atom is -0.309 e. The first kappa shape index (κ1) is 36.0. The van der Waals surface area contributed by atoms with Crippen molar-refractivity contribution < 1.29 is 0 Å². The number of amidine groups is 1. The van der Waals surface area contributed by atoms with E-state index in [1.54, 1.807) is 0 Å². The van der Waals surface area contributed by atoms with Crippen molar-refractivity contribution in [3.63, 3.8) is 0 Å². The fourth-order valence-corrected chi connectivity index (χ4v) is 8.91. The van der Waals surface area contributed by atoms with E-state index in [1.165, 1.54) is 27.5 Å². The minimum atomic E-state index is 0.423. The van der Waals surface area contributed by atoms with E-state index in [0.717, 1.165) is 66.7 Å². The van der Waals surface area contributed by atoms with Crippen LogP contribution in [-0.4, -0.2) is 23.1 Å². The second-order valence-electron chi connectivity index (χ2n) is 15.3. The van der Waals surface area contributed by atoms with Crippen LogP contribution in [0, 0.1) is 0 Å². The fourth-order valence-electron chi connectivity index (χ4n) is 8.91. The Balaban J connectivity index is 1.25. The van der Waals surface area contributed by atoms with Gasteiger partial charge >= 0.3 is 0 Å². The first-order chi connectivity index (χ1) is 30.2. The molecule has 2 heterocycles. The third-order valence-corrected chi connectivity index (χ3v) is 11.7. The molecule has 0 atom stereocenters. The van der Waals surface area contributed by atoms with Gasteiger partial charge in [-0.1, -0.05) is 170 Å². The molecule has 0 radical (unpaired) electrons. The molecule has 0 N–H and O–H groups in total. The van der Waals surface area contributed by atoms with Gasteiger partial charge in [0.25, 0.3) is 0 Å². The molecule has 0 aliphatic carbocycles. The van der Waals surface area contributed by atoms with E-state index in [-0.39, 0.29) is 0 Å². The second-order valence-corrected chi connectivity index (χ2v) is 15.3. The summed E-state index contributed by atoms with van der Waals surface area (Å²) in [5.41, 5.74) is 14.2. The summed E-state index contributed by atoms with van der Waals surface area (Å²) in [5.74, 6) is 1.02. The minimum absolute atomic E-state index is 0.423. The zero-order chi connectivity index (χ0) is 40.7. The van der Waals surface area contributed by atoms with Gasteiger partial charge in [0.15, 0.2) is 5.84 Å². The molecule has 5 nitrogen and oxygen atoms in total. The lowest BCUT2D eigenvalue weighted by atomic mass is 9.87. The molecule has 288 valence electrons. The van der Waals surface area contributed by atoms with Gasteiger partial charge in [-0.25, -0.2) is 9.98 Å². The first-order valence-electron chi connectivity index (χ1n) is 20.6. The van der Waals surface area contributed by atoms with Gasteiger partial charge in [-0.3, -0.25) is 4.90 Å². The van der Waals surface area contributed by atoms with Gasteiger partial charge < -0.3 is 4.57 Å². The Morgan fingerprint density at radius 1 is 0.459 bits per heavy atom.